The molecular formula is C7H8Br2OZn. The summed E-state index contributed by atoms with van der Waals surface area (Å²) in [7, 11) is 1.66. The number of benzene rings is 1. The van der Waals surface area contributed by atoms with Gasteiger partial charge in [0.2, 0.25) is 0 Å². The second kappa shape index (κ2) is 8.70. The molecule has 0 bridgehead atoms. The van der Waals surface area contributed by atoms with Crippen molar-refractivity contribution in [2.75, 3.05) is 7.11 Å². The fourth-order valence-electron chi connectivity index (χ4n) is 0.557. The van der Waals surface area contributed by atoms with Gasteiger partial charge in [-0.05, 0) is 12.1 Å². The van der Waals surface area contributed by atoms with Gasteiger partial charge < -0.3 is 4.74 Å². The minimum atomic E-state index is -0.250. The fraction of sp³-hybridized carbons (Fsp3) is 0.143. The van der Waals surface area contributed by atoms with Crippen LogP contribution in [0.4, 0.5) is 0 Å². The predicted octanol–water partition coefficient (Wildman–Crippen LogP) is 3.38. The van der Waals surface area contributed by atoms with Crippen LogP contribution in [0.5, 0.6) is 5.75 Å². The average molecular weight is 333 g/mol. The molecule has 0 saturated carbocycles. The molecule has 0 atom stereocenters. The van der Waals surface area contributed by atoms with E-state index < -0.39 is 0 Å². The van der Waals surface area contributed by atoms with Gasteiger partial charge in [0.05, 0.1) is 7.11 Å². The van der Waals surface area contributed by atoms with Gasteiger partial charge in [-0.25, -0.2) is 0 Å². The van der Waals surface area contributed by atoms with E-state index in [1.807, 2.05) is 30.3 Å². The summed E-state index contributed by atoms with van der Waals surface area (Å²) in [6, 6.07) is 9.68. The van der Waals surface area contributed by atoms with E-state index in [1.165, 1.54) is 0 Å². The van der Waals surface area contributed by atoms with Gasteiger partial charge in [0.1, 0.15) is 5.75 Å². The Kier molecular flexibility index (Phi) is 9.17. The van der Waals surface area contributed by atoms with Gasteiger partial charge in [-0.1, -0.05) is 18.2 Å². The standard InChI is InChI=1S/C7H8O.2BrH.Zn/c1-8-7-5-3-2-4-6-7;;;/h2-6H,1H3;2*1H;/q;;;+2/p-2. The molecule has 0 aliphatic carbocycles. The Balaban J connectivity index is 0.000000292. The number of para-hydroxylation sites is 1. The molecule has 0 amide bonds. The van der Waals surface area contributed by atoms with Gasteiger partial charge in [0.15, 0.2) is 0 Å². The van der Waals surface area contributed by atoms with E-state index >= 15 is 0 Å². The third-order valence-corrected chi connectivity index (χ3v) is 0.979. The SMILES string of the molecule is COc1ccccc1.[Br][Zn][Br]. The summed E-state index contributed by atoms with van der Waals surface area (Å²) >= 11 is 6.25. The minimum absolute atomic E-state index is 0.250. The zero-order valence-corrected chi connectivity index (χ0v) is 12.4. The van der Waals surface area contributed by atoms with Crippen LogP contribution in [0.15, 0.2) is 30.3 Å². The first kappa shape index (κ1) is 11.6. The van der Waals surface area contributed by atoms with E-state index in [9.17, 15) is 0 Å². The van der Waals surface area contributed by atoms with Crippen LogP contribution >= 0.6 is 27.2 Å². The summed E-state index contributed by atoms with van der Waals surface area (Å²) in [5.74, 6) is 0.910. The summed E-state index contributed by atoms with van der Waals surface area (Å²) < 4.78 is 4.91. The molecule has 1 aromatic carbocycles. The van der Waals surface area contributed by atoms with Crippen LogP contribution < -0.4 is 4.74 Å². The van der Waals surface area contributed by atoms with Crippen molar-refractivity contribution in [2.24, 2.45) is 0 Å². The van der Waals surface area contributed by atoms with Crippen molar-refractivity contribution in [3.05, 3.63) is 30.3 Å². The van der Waals surface area contributed by atoms with E-state index in [0.29, 0.717) is 0 Å². The molecule has 0 fully saturated rings. The number of methoxy groups -OCH3 is 1. The maximum absolute atomic E-state index is 4.91. The maximum atomic E-state index is 4.91. The van der Waals surface area contributed by atoms with Gasteiger partial charge in [0.25, 0.3) is 0 Å². The zero-order chi connectivity index (χ0) is 8.53. The van der Waals surface area contributed by atoms with Crippen molar-refractivity contribution in [3.63, 3.8) is 0 Å². The quantitative estimate of drug-likeness (QED) is 0.716. The molecule has 0 aliphatic heterocycles. The van der Waals surface area contributed by atoms with E-state index in [2.05, 4.69) is 27.2 Å². The van der Waals surface area contributed by atoms with Gasteiger partial charge in [-0.3, -0.25) is 0 Å². The van der Waals surface area contributed by atoms with Crippen LogP contribution in [0.3, 0.4) is 0 Å². The molecule has 1 nitrogen and oxygen atoms in total. The summed E-state index contributed by atoms with van der Waals surface area (Å²) in [5, 5.41) is 0. The second-order valence-electron chi connectivity index (χ2n) is 1.62. The molecule has 0 aromatic heterocycles. The first-order valence-corrected chi connectivity index (χ1v) is 17.0. The van der Waals surface area contributed by atoms with Crippen LogP contribution in [-0.4, -0.2) is 7.11 Å². The van der Waals surface area contributed by atoms with Crippen molar-refractivity contribution in [1.29, 1.82) is 0 Å². The van der Waals surface area contributed by atoms with Crippen LogP contribution in [0.25, 0.3) is 0 Å². The Hall–Kier alpha value is 0.603. The number of rotatable bonds is 1. The molecule has 11 heavy (non-hydrogen) atoms. The van der Waals surface area contributed by atoms with Crippen molar-refractivity contribution >= 4 is 27.2 Å². The summed E-state index contributed by atoms with van der Waals surface area (Å²) in [5.41, 5.74) is 0. The van der Waals surface area contributed by atoms with Gasteiger partial charge in [-0.15, -0.1) is 0 Å². The summed E-state index contributed by atoms with van der Waals surface area (Å²) in [6.07, 6.45) is 0. The summed E-state index contributed by atoms with van der Waals surface area (Å²) in [4.78, 5) is 0. The molecule has 0 unspecified atom stereocenters. The molecule has 58 valence electrons. The first-order valence-electron chi connectivity index (χ1n) is 3.06. The Morgan fingerprint density at radius 3 is 1.91 bits per heavy atom. The molecule has 0 N–H and O–H groups in total. The molecule has 0 radical (unpaired) electrons. The van der Waals surface area contributed by atoms with E-state index in [1.54, 1.807) is 7.11 Å². The van der Waals surface area contributed by atoms with Crippen molar-refractivity contribution in [3.8, 4) is 5.75 Å². The predicted molar refractivity (Wildman–Crippen MR) is 50.8 cm³/mol. The average Bonchev–Trinajstić information content (AvgIpc) is 2.08. The van der Waals surface area contributed by atoms with Crippen LogP contribution in [0.2, 0.25) is 0 Å². The number of hydrogen-bond donors (Lipinski definition) is 0. The molecule has 4 heteroatoms. The van der Waals surface area contributed by atoms with Crippen molar-refractivity contribution in [1.82, 2.24) is 0 Å². The number of ether oxygens (including phenoxy) is 1. The van der Waals surface area contributed by atoms with E-state index in [4.69, 9.17) is 4.74 Å². The van der Waals surface area contributed by atoms with Crippen molar-refractivity contribution < 1.29 is 17.9 Å². The Morgan fingerprint density at radius 2 is 1.64 bits per heavy atom. The van der Waals surface area contributed by atoms with Crippen molar-refractivity contribution in [2.45, 2.75) is 0 Å². The molecule has 0 aliphatic rings. The molecule has 0 saturated heterocycles. The second-order valence-corrected chi connectivity index (χ2v) is 15.7. The van der Waals surface area contributed by atoms with Crippen LogP contribution in [0.1, 0.15) is 0 Å². The molecule has 0 heterocycles. The fourth-order valence-corrected chi connectivity index (χ4v) is 0.557. The van der Waals surface area contributed by atoms with E-state index in [0.717, 1.165) is 5.75 Å². The monoisotopic (exact) mass is 330 g/mol. The first-order chi connectivity index (χ1) is 5.35. The Bertz CT molecular complexity index is 169. The third kappa shape index (κ3) is 6.98. The molecule has 0 spiro atoms. The molecule has 1 aromatic rings. The third-order valence-electron chi connectivity index (χ3n) is 0.979. The van der Waals surface area contributed by atoms with Gasteiger partial charge >= 0.3 is 40.5 Å². The Labute approximate surface area is 87.8 Å². The van der Waals surface area contributed by atoms with Gasteiger partial charge in [0, 0.05) is 0 Å². The number of hydrogen-bond acceptors (Lipinski definition) is 1. The summed E-state index contributed by atoms with van der Waals surface area (Å²) in [6.45, 7) is 0. The van der Waals surface area contributed by atoms with Crippen LogP contribution in [-0.2, 0) is 13.2 Å². The van der Waals surface area contributed by atoms with Gasteiger partial charge in [-0.2, -0.15) is 0 Å². The zero-order valence-electron chi connectivity index (χ0n) is 6.26. The topological polar surface area (TPSA) is 9.23 Å². The molecule has 1 rings (SSSR count). The normalized spacial score (nSPS) is 7.18. The Morgan fingerprint density at radius 1 is 1.18 bits per heavy atom. The number of halogens is 2. The molecular weight excluding hydrogens is 325 g/mol. The van der Waals surface area contributed by atoms with E-state index in [-0.39, 0.29) is 13.2 Å². The van der Waals surface area contributed by atoms with Crippen LogP contribution in [0, 0.1) is 0 Å².